The van der Waals surface area contributed by atoms with Crippen molar-refractivity contribution in [2.24, 2.45) is 11.8 Å². The Labute approximate surface area is 62.5 Å². The van der Waals surface area contributed by atoms with Gasteiger partial charge in [-0.25, -0.2) is 0 Å². The van der Waals surface area contributed by atoms with Gasteiger partial charge in [0.1, 0.15) is 0 Å². The highest BCUT2D eigenvalue weighted by Crippen LogP contribution is 2.53. The van der Waals surface area contributed by atoms with Crippen LogP contribution in [0.1, 0.15) is 26.7 Å². The molecule has 1 heterocycles. The van der Waals surface area contributed by atoms with E-state index in [1.807, 2.05) is 0 Å². The summed E-state index contributed by atoms with van der Waals surface area (Å²) in [5, 5.41) is 3.47. The zero-order chi connectivity index (χ0) is 7.35. The molecule has 1 aliphatic carbocycles. The van der Waals surface area contributed by atoms with Crippen molar-refractivity contribution in [2.75, 3.05) is 0 Å². The van der Waals surface area contributed by atoms with Crippen LogP contribution < -0.4 is 5.32 Å². The second kappa shape index (κ2) is 1.58. The van der Waals surface area contributed by atoms with Gasteiger partial charge in [0, 0.05) is 11.2 Å². The minimum atomic E-state index is 0.439. The van der Waals surface area contributed by atoms with E-state index in [2.05, 4.69) is 25.7 Å². The Balaban J connectivity index is 2.15. The van der Waals surface area contributed by atoms with Crippen molar-refractivity contribution in [3.8, 4) is 0 Å². The molecule has 0 aromatic carbocycles. The largest absolute Gasteiger partial charge is 0.383 e. The minimum absolute atomic E-state index is 0.439. The molecule has 3 atom stereocenters. The Bertz CT molecular complexity index is 185. The summed E-state index contributed by atoms with van der Waals surface area (Å²) in [5.74, 6) is 1.79. The highest BCUT2D eigenvalue weighted by atomic mass is 15.1. The molecular weight excluding hydrogens is 122 g/mol. The summed E-state index contributed by atoms with van der Waals surface area (Å²) in [6, 6.07) is 0. The van der Waals surface area contributed by atoms with Crippen LogP contribution in [0.2, 0.25) is 0 Å². The maximum Gasteiger partial charge on any atom is 0.0377 e. The molecule has 56 valence electrons. The molecule has 2 rings (SSSR count). The van der Waals surface area contributed by atoms with E-state index in [-0.39, 0.29) is 0 Å². The van der Waals surface area contributed by atoms with Crippen LogP contribution in [0.3, 0.4) is 0 Å². The van der Waals surface area contributed by atoms with Crippen LogP contribution in [0.5, 0.6) is 0 Å². The summed E-state index contributed by atoms with van der Waals surface area (Å²) in [5.41, 5.74) is 1.68. The summed E-state index contributed by atoms with van der Waals surface area (Å²) < 4.78 is 0. The van der Waals surface area contributed by atoms with Crippen molar-refractivity contribution < 1.29 is 0 Å². The number of hydrogen-bond donors (Lipinski definition) is 1. The van der Waals surface area contributed by atoms with Gasteiger partial charge in [-0.3, -0.25) is 0 Å². The van der Waals surface area contributed by atoms with Crippen molar-refractivity contribution >= 4 is 0 Å². The Hall–Kier alpha value is -0.460. The number of nitrogens with one attached hydrogen (secondary N) is 1. The Kier molecular flexibility index (Phi) is 0.988. The molecule has 0 radical (unpaired) electrons. The summed E-state index contributed by atoms with van der Waals surface area (Å²) >= 11 is 0. The van der Waals surface area contributed by atoms with E-state index in [1.54, 1.807) is 0 Å². The maximum absolute atomic E-state index is 3.98. The quantitative estimate of drug-likeness (QED) is 0.537. The molecule has 2 aliphatic rings. The molecule has 1 saturated carbocycles. The van der Waals surface area contributed by atoms with Crippen LogP contribution in [0.25, 0.3) is 0 Å². The summed E-state index contributed by atoms with van der Waals surface area (Å²) in [7, 11) is 0. The second-order valence-electron chi connectivity index (χ2n) is 4.14. The molecule has 1 nitrogen and oxygen atoms in total. The molecule has 1 N–H and O–H groups in total. The van der Waals surface area contributed by atoms with Crippen LogP contribution in [-0.4, -0.2) is 5.54 Å². The highest BCUT2D eigenvalue weighted by Gasteiger charge is 2.55. The van der Waals surface area contributed by atoms with Crippen LogP contribution in [0.15, 0.2) is 12.3 Å². The molecule has 0 bridgehead atoms. The molecule has 0 unspecified atom stereocenters. The number of allylic oxidation sites excluding steroid dienone is 1. The molecule has 0 spiro atoms. The first-order valence-electron chi connectivity index (χ1n) is 4.08. The van der Waals surface area contributed by atoms with Crippen molar-refractivity contribution in [2.45, 2.75) is 32.2 Å². The molecule has 2 fully saturated rings. The zero-order valence-corrected chi connectivity index (χ0v) is 6.78. The SMILES string of the molecule is C=C1C[C@H](C)[C@@H]2C[C@]2(C)N1. The fraction of sp³-hybridized carbons (Fsp3) is 0.778. The standard InChI is InChI=1S/C9H15N/c1-6-4-7(2)10-9(3)5-8(6)9/h6,8,10H,2,4-5H2,1,3H3/t6-,8-,9-/m0/s1. The molecule has 0 aromatic heterocycles. The minimum Gasteiger partial charge on any atom is -0.383 e. The lowest BCUT2D eigenvalue weighted by Gasteiger charge is -2.27. The molecule has 0 amide bonds. The van der Waals surface area contributed by atoms with Gasteiger partial charge >= 0.3 is 0 Å². The van der Waals surface area contributed by atoms with Gasteiger partial charge in [0.05, 0.1) is 0 Å². The summed E-state index contributed by atoms with van der Waals surface area (Å²) in [4.78, 5) is 0. The third kappa shape index (κ3) is 0.695. The van der Waals surface area contributed by atoms with E-state index >= 15 is 0 Å². The number of rotatable bonds is 0. The lowest BCUT2D eigenvalue weighted by atomic mass is 9.93. The van der Waals surface area contributed by atoms with Crippen molar-refractivity contribution in [1.82, 2.24) is 5.32 Å². The number of hydrogen-bond acceptors (Lipinski definition) is 1. The molecular formula is C9H15N. The van der Waals surface area contributed by atoms with Gasteiger partial charge in [-0.05, 0) is 31.6 Å². The van der Waals surface area contributed by atoms with Gasteiger partial charge < -0.3 is 5.32 Å². The normalized spacial score (nSPS) is 51.6. The van der Waals surface area contributed by atoms with Gasteiger partial charge in [-0.1, -0.05) is 13.5 Å². The first kappa shape index (κ1) is 6.26. The van der Waals surface area contributed by atoms with Crippen LogP contribution in [0.4, 0.5) is 0 Å². The predicted octanol–water partition coefficient (Wildman–Crippen LogP) is 1.91. The fourth-order valence-electron chi connectivity index (χ4n) is 2.36. The van der Waals surface area contributed by atoms with Gasteiger partial charge in [0.2, 0.25) is 0 Å². The molecule has 1 aliphatic heterocycles. The lowest BCUT2D eigenvalue weighted by molar-refractivity contribution is 0.367. The average molecular weight is 137 g/mol. The molecule has 1 saturated heterocycles. The second-order valence-corrected chi connectivity index (χ2v) is 4.14. The highest BCUT2D eigenvalue weighted by molar-refractivity contribution is 5.19. The maximum atomic E-state index is 3.98. The fourth-order valence-corrected chi connectivity index (χ4v) is 2.36. The number of fused-ring (bicyclic) bond motifs is 1. The van der Waals surface area contributed by atoms with Crippen molar-refractivity contribution in [1.29, 1.82) is 0 Å². The van der Waals surface area contributed by atoms with E-state index < -0.39 is 0 Å². The lowest BCUT2D eigenvalue weighted by Crippen LogP contribution is -2.35. The van der Waals surface area contributed by atoms with Crippen LogP contribution in [-0.2, 0) is 0 Å². The van der Waals surface area contributed by atoms with E-state index in [0.29, 0.717) is 5.54 Å². The van der Waals surface area contributed by atoms with E-state index in [1.165, 1.54) is 18.5 Å². The van der Waals surface area contributed by atoms with E-state index in [4.69, 9.17) is 0 Å². The van der Waals surface area contributed by atoms with Gasteiger partial charge in [0.15, 0.2) is 0 Å². The Morgan fingerprint density at radius 2 is 2.40 bits per heavy atom. The zero-order valence-electron chi connectivity index (χ0n) is 6.78. The van der Waals surface area contributed by atoms with Gasteiger partial charge in [-0.2, -0.15) is 0 Å². The topological polar surface area (TPSA) is 12.0 Å². The van der Waals surface area contributed by atoms with Crippen LogP contribution >= 0.6 is 0 Å². The van der Waals surface area contributed by atoms with Crippen LogP contribution in [0, 0.1) is 11.8 Å². The van der Waals surface area contributed by atoms with Crippen molar-refractivity contribution in [3.63, 3.8) is 0 Å². The predicted molar refractivity (Wildman–Crippen MR) is 42.6 cm³/mol. The number of piperidine rings is 1. The Morgan fingerprint density at radius 1 is 1.70 bits per heavy atom. The molecule has 1 heteroatoms. The first-order valence-corrected chi connectivity index (χ1v) is 4.08. The summed E-state index contributed by atoms with van der Waals surface area (Å²) in [6.07, 6.45) is 2.54. The average Bonchev–Trinajstić information content (AvgIpc) is 2.39. The monoisotopic (exact) mass is 137 g/mol. The van der Waals surface area contributed by atoms with E-state index in [9.17, 15) is 0 Å². The molecule has 10 heavy (non-hydrogen) atoms. The Morgan fingerprint density at radius 3 is 3.00 bits per heavy atom. The third-order valence-corrected chi connectivity index (χ3v) is 3.02. The first-order chi connectivity index (χ1) is 4.62. The third-order valence-electron chi connectivity index (χ3n) is 3.02. The molecule has 0 aromatic rings. The van der Waals surface area contributed by atoms with Crippen molar-refractivity contribution in [3.05, 3.63) is 12.3 Å². The smallest absolute Gasteiger partial charge is 0.0377 e. The summed E-state index contributed by atoms with van der Waals surface area (Å²) in [6.45, 7) is 8.62. The van der Waals surface area contributed by atoms with E-state index in [0.717, 1.165) is 11.8 Å². The van der Waals surface area contributed by atoms with Gasteiger partial charge in [-0.15, -0.1) is 0 Å². The van der Waals surface area contributed by atoms with Gasteiger partial charge in [0.25, 0.3) is 0 Å².